The number of fused-ring (bicyclic) bond motifs is 2. The molecular weight excluding hydrogens is 958 g/mol. The van der Waals surface area contributed by atoms with Crippen molar-refractivity contribution in [3.8, 4) is 5.75 Å². The largest absolute Gasteiger partial charge is 0.494 e. The zero-order valence-electron chi connectivity index (χ0n) is 39.9. The van der Waals surface area contributed by atoms with Crippen LogP contribution in [0.15, 0.2) is 70.1 Å². The van der Waals surface area contributed by atoms with Gasteiger partial charge in [-0.3, -0.25) is 33.9 Å². The van der Waals surface area contributed by atoms with Gasteiger partial charge in [-0.15, -0.1) is 0 Å². The van der Waals surface area contributed by atoms with Gasteiger partial charge in [0.2, 0.25) is 17.8 Å². The van der Waals surface area contributed by atoms with E-state index in [-0.39, 0.29) is 18.0 Å². The van der Waals surface area contributed by atoms with Crippen molar-refractivity contribution in [2.45, 2.75) is 84.3 Å². The number of nitrogens with zero attached hydrogens (tertiary/aromatic N) is 8. The molecule has 10 rings (SSSR count). The normalized spacial score (nSPS) is 19.4. The van der Waals surface area contributed by atoms with Crippen LogP contribution in [-0.4, -0.2) is 117 Å². The quantitative estimate of drug-likeness (QED) is 0.0763. The SMILES string of the molecule is CCn1c(=O)n(C2CCC(=O)NC2=O)c2cccc(CCN3CCN(C4CCN(c5cc(OC)c(Nc6ncc(Br)c(Nc7ccc8nc(C)ccc8c7P7(=O)CCCC7)n6)cc5C)CC4)CC3)c21. The lowest BCUT2D eigenvalue weighted by Gasteiger charge is -2.43. The number of pyridine rings is 1. The molecule has 0 aliphatic carbocycles. The van der Waals surface area contributed by atoms with E-state index in [0.717, 1.165) is 139 Å². The molecule has 69 heavy (non-hydrogen) atoms. The van der Waals surface area contributed by atoms with Gasteiger partial charge in [-0.2, -0.15) is 4.98 Å². The predicted octanol–water partition coefficient (Wildman–Crippen LogP) is 7.63. The number of carbonyl (C=O) groups excluding carboxylic acids is 2. The molecule has 3 aromatic carbocycles. The summed E-state index contributed by atoms with van der Waals surface area (Å²) in [5, 5.41) is 11.2. The van der Waals surface area contributed by atoms with E-state index in [4.69, 9.17) is 14.7 Å². The minimum Gasteiger partial charge on any atom is -0.494 e. The highest BCUT2D eigenvalue weighted by Crippen LogP contribution is 2.54. The first-order chi connectivity index (χ1) is 33.4. The van der Waals surface area contributed by atoms with Crippen molar-refractivity contribution in [2.75, 3.05) is 80.8 Å². The Balaban J connectivity index is 0.761. The maximum absolute atomic E-state index is 14.4. The summed E-state index contributed by atoms with van der Waals surface area (Å²) in [6, 6.07) is 18.1. The number of para-hydroxylation sites is 1. The van der Waals surface area contributed by atoms with E-state index in [1.165, 1.54) is 0 Å². The van der Waals surface area contributed by atoms with Crippen molar-refractivity contribution in [1.82, 2.24) is 39.2 Å². The van der Waals surface area contributed by atoms with Gasteiger partial charge in [0.1, 0.15) is 24.8 Å². The zero-order chi connectivity index (χ0) is 48.0. The Morgan fingerprint density at radius 1 is 0.899 bits per heavy atom. The summed E-state index contributed by atoms with van der Waals surface area (Å²) in [7, 11) is -0.945. The third-order valence-electron chi connectivity index (χ3n) is 14.8. The summed E-state index contributed by atoms with van der Waals surface area (Å²) < 4.78 is 24.5. The first-order valence-electron chi connectivity index (χ1n) is 24.4. The van der Waals surface area contributed by atoms with E-state index in [9.17, 15) is 18.9 Å². The van der Waals surface area contributed by atoms with E-state index in [1.54, 1.807) is 22.4 Å². The molecule has 7 heterocycles. The predicted molar refractivity (Wildman–Crippen MR) is 277 cm³/mol. The maximum atomic E-state index is 14.4. The van der Waals surface area contributed by atoms with Crippen molar-refractivity contribution in [1.29, 1.82) is 0 Å². The molecule has 0 saturated carbocycles. The number of hydrogen-bond donors (Lipinski definition) is 3. The van der Waals surface area contributed by atoms with E-state index >= 15 is 0 Å². The zero-order valence-corrected chi connectivity index (χ0v) is 42.4. The number of benzene rings is 3. The number of anilines is 5. The number of piperidine rings is 2. The summed E-state index contributed by atoms with van der Waals surface area (Å²) in [5.41, 5.74) is 8.16. The van der Waals surface area contributed by atoms with Gasteiger partial charge in [-0.25, -0.2) is 9.78 Å². The molecule has 0 radical (unpaired) electrons. The summed E-state index contributed by atoms with van der Waals surface area (Å²) in [6.45, 7) is 13.4. The van der Waals surface area contributed by atoms with Gasteiger partial charge in [0, 0.05) is 111 Å². The van der Waals surface area contributed by atoms with Crippen LogP contribution in [0.3, 0.4) is 0 Å². The minimum absolute atomic E-state index is 0.201. The number of methoxy groups -OCH3 is 1. The van der Waals surface area contributed by atoms with E-state index in [0.29, 0.717) is 53.3 Å². The molecule has 3 N–H and O–H groups in total. The number of ether oxygens (including phenoxy) is 1. The Hall–Kier alpha value is -5.61. The molecule has 4 aliphatic rings. The number of halogens is 1. The first kappa shape index (κ1) is 47.1. The van der Waals surface area contributed by atoms with Gasteiger partial charge >= 0.3 is 5.69 Å². The lowest BCUT2D eigenvalue weighted by Crippen LogP contribution is -2.53. The molecule has 362 valence electrons. The van der Waals surface area contributed by atoms with Crippen LogP contribution in [-0.2, 0) is 27.1 Å². The molecule has 3 aromatic heterocycles. The highest BCUT2D eigenvalue weighted by Gasteiger charge is 2.35. The number of imide groups is 1. The second kappa shape index (κ2) is 19.6. The smallest absolute Gasteiger partial charge is 0.329 e. The molecule has 2 amide bonds. The van der Waals surface area contributed by atoms with Crippen LogP contribution < -0.4 is 36.6 Å². The van der Waals surface area contributed by atoms with E-state index < -0.39 is 19.1 Å². The van der Waals surface area contributed by atoms with Crippen LogP contribution in [0.2, 0.25) is 0 Å². The Labute approximate surface area is 410 Å². The second-order valence-corrected chi connectivity index (χ2v) is 23.0. The van der Waals surface area contributed by atoms with Gasteiger partial charge in [-0.1, -0.05) is 18.2 Å². The Bertz CT molecular complexity index is 3060. The summed E-state index contributed by atoms with van der Waals surface area (Å²) in [6.07, 6.45) is 8.53. The van der Waals surface area contributed by atoms with Crippen LogP contribution in [0, 0.1) is 13.8 Å². The fourth-order valence-corrected chi connectivity index (χ4v) is 14.8. The van der Waals surface area contributed by atoms with Crippen molar-refractivity contribution in [3.05, 3.63) is 92.6 Å². The lowest BCUT2D eigenvalue weighted by atomic mass is 10.00. The summed E-state index contributed by atoms with van der Waals surface area (Å²) in [5.74, 6) is 0.973. The third-order valence-corrected chi connectivity index (χ3v) is 18.7. The minimum atomic E-state index is -2.63. The van der Waals surface area contributed by atoms with Gasteiger partial charge in [0.05, 0.1) is 39.5 Å². The molecule has 16 nitrogen and oxygen atoms in total. The monoisotopic (exact) mass is 1020 g/mol. The van der Waals surface area contributed by atoms with Crippen LogP contribution in [0.1, 0.15) is 68.3 Å². The average Bonchev–Trinajstić information content (AvgIpc) is 3.92. The number of piperazine rings is 1. The number of aryl methyl sites for hydroxylation is 3. The Morgan fingerprint density at radius 2 is 1.68 bits per heavy atom. The van der Waals surface area contributed by atoms with Crippen molar-refractivity contribution < 1.29 is 18.9 Å². The highest BCUT2D eigenvalue weighted by atomic mass is 79.9. The number of rotatable bonds is 13. The molecule has 0 spiro atoms. The molecule has 4 aliphatic heterocycles. The fraction of sp³-hybridized carbons (Fsp3) is 0.451. The third kappa shape index (κ3) is 9.30. The molecular formula is C51H61BrN11O5P. The van der Waals surface area contributed by atoms with Crippen molar-refractivity contribution in [3.63, 3.8) is 0 Å². The molecule has 0 bridgehead atoms. The Kier molecular flexibility index (Phi) is 13.4. The molecule has 1 unspecified atom stereocenters. The van der Waals surface area contributed by atoms with Crippen LogP contribution in [0.5, 0.6) is 5.75 Å². The molecule has 1 atom stereocenters. The number of aromatic nitrogens is 5. The second-order valence-electron chi connectivity index (χ2n) is 19.0. The summed E-state index contributed by atoms with van der Waals surface area (Å²) in [4.78, 5) is 60.3. The number of carbonyl (C=O) groups is 2. The van der Waals surface area contributed by atoms with Crippen LogP contribution in [0.25, 0.3) is 21.9 Å². The summed E-state index contributed by atoms with van der Waals surface area (Å²) >= 11 is 3.66. The van der Waals surface area contributed by atoms with Gasteiger partial charge in [0.15, 0.2) is 0 Å². The Morgan fingerprint density at radius 3 is 2.42 bits per heavy atom. The van der Waals surface area contributed by atoms with Gasteiger partial charge in [-0.05, 0) is 117 Å². The number of amides is 2. The van der Waals surface area contributed by atoms with Gasteiger partial charge in [0.25, 0.3) is 0 Å². The number of imidazole rings is 1. The average molecular weight is 1020 g/mol. The topological polar surface area (TPSA) is 172 Å². The lowest BCUT2D eigenvalue weighted by molar-refractivity contribution is -0.135. The molecule has 6 aromatic rings. The highest BCUT2D eigenvalue weighted by molar-refractivity contribution is 9.10. The van der Waals surface area contributed by atoms with Crippen LogP contribution >= 0.6 is 23.1 Å². The van der Waals surface area contributed by atoms with Crippen molar-refractivity contribution >= 4 is 91.0 Å². The number of nitrogens with one attached hydrogen (secondary N) is 3. The van der Waals surface area contributed by atoms with Crippen molar-refractivity contribution in [2.24, 2.45) is 0 Å². The van der Waals surface area contributed by atoms with Crippen LogP contribution in [0.4, 0.5) is 28.8 Å². The molecule has 18 heteroatoms. The maximum Gasteiger partial charge on any atom is 0.329 e. The van der Waals surface area contributed by atoms with Gasteiger partial charge < -0.3 is 29.7 Å². The fourth-order valence-electron chi connectivity index (χ4n) is 11.2. The standard InChI is InChI=1S/C51H61BrN11O5P/c1-5-62-46-34(9-8-10-41(46)63(51(62)66)42-15-16-45(64)57-49(42)65)17-20-59-23-25-60(26-24-59)35-18-21-61(22-19-35)43-30-44(68-4)40(29-32(43)2)56-50-53-31-37(52)48(58-50)55-39-14-13-38-36(12-11-33(3)54-38)47(39)69(67)27-6-7-28-69/h8-14,29-31,35,42H,5-7,15-28H2,1-4H3,(H,57,64,65)(H2,53,55,56,58). The van der Waals surface area contributed by atoms with E-state index in [1.807, 2.05) is 44.2 Å². The van der Waals surface area contributed by atoms with E-state index in [2.05, 4.69) is 82.8 Å². The molecule has 4 fully saturated rings. The number of hydrogen-bond acceptors (Lipinski definition) is 13. The molecule has 4 saturated heterocycles. The first-order valence-corrected chi connectivity index (χ1v) is 27.3.